The molecule has 0 rings (SSSR count). The van der Waals surface area contributed by atoms with E-state index in [1.54, 1.807) is 20.3 Å². The first kappa shape index (κ1) is 13.1. The average Bonchev–Trinajstić information content (AvgIpc) is 2.16. The summed E-state index contributed by atoms with van der Waals surface area (Å²) in [7, 11) is 3.27. The third-order valence-electron chi connectivity index (χ3n) is 1.90. The summed E-state index contributed by atoms with van der Waals surface area (Å²) in [5.74, 6) is -0.698. The van der Waals surface area contributed by atoms with Crippen molar-refractivity contribution in [2.75, 3.05) is 27.4 Å². The molecule has 4 nitrogen and oxygen atoms in total. The molecular weight excluding hydrogens is 184 g/mol. The lowest BCUT2D eigenvalue weighted by Crippen LogP contribution is -2.05. The maximum Gasteiger partial charge on any atom is 0.327 e. The maximum atomic E-state index is 10.3. The van der Waals surface area contributed by atoms with Crippen molar-refractivity contribution in [3.05, 3.63) is 12.2 Å². The van der Waals surface area contributed by atoms with E-state index in [9.17, 15) is 4.79 Å². The van der Waals surface area contributed by atoms with Crippen LogP contribution in [-0.2, 0) is 14.3 Å². The number of carbonyl (C=O) groups is 1. The molecule has 14 heavy (non-hydrogen) atoms. The molecule has 0 saturated carbocycles. The van der Waals surface area contributed by atoms with Gasteiger partial charge in [0.1, 0.15) is 0 Å². The third kappa shape index (κ3) is 7.76. The van der Waals surface area contributed by atoms with Crippen LogP contribution in [0.5, 0.6) is 0 Å². The van der Waals surface area contributed by atoms with E-state index in [-0.39, 0.29) is 5.92 Å². The molecular formula is C10H18O4. The van der Waals surface area contributed by atoms with Crippen molar-refractivity contribution in [1.82, 2.24) is 0 Å². The quantitative estimate of drug-likeness (QED) is 0.603. The topological polar surface area (TPSA) is 55.8 Å². The fraction of sp³-hybridized carbons (Fsp3) is 0.700. The van der Waals surface area contributed by atoms with E-state index in [1.165, 1.54) is 6.08 Å². The van der Waals surface area contributed by atoms with Crippen LogP contribution in [0.1, 0.15) is 12.8 Å². The van der Waals surface area contributed by atoms with E-state index in [2.05, 4.69) is 0 Å². The van der Waals surface area contributed by atoms with Gasteiger partial charge in [-0.3, -0.25) is 0 Å². The number of ether oxygens (including phenoxy) is 2. The van der Waals surface area contributed by atoms with Gasteiger partial charge in [0.2, 0.25) is 0 Å². The Morgan fingerprint density at radius 2 is 1.79 bits per heavy atom. The number of hydrogen-bond donors (Lipinski definition) is 1. The van der Waals surface area contributed by atoms with Gasteiger partial charge in [-0.2, -0.15) is 0 Å². The molecule has 0 radical (unpaired) electrons. The van der Waals surface area contributed by atoms with Crippen LogP contribution in [0.25, 0.3) is 0 Å². The average molecular weight is 202 g/mol. The van der Waals surface area contributed by atoms with Crippen LogP contribution < -0.4 is 0 Å². The summed E-state index contributed by atoms with van der Waals surface area (Å²) < 4.78 is 9.87. The lowest BCUT2D eigenvalue weighted by atomic mass is 10.0. The lowest BCUT2D eigenvalue weighted by molar-refractivity contribution is -0.131. The monoisotopic (exact) mass is 202 g/mol. The molecule has 0 bridgehead atoms. The van der Waals surface area contributed by atoms with Gasteiger partial charge in [-0.1, -0.05) is 6.08 Å². The number of rotatable bonds is 8. The van der Waals surface area contributed by atoms with Crippen molar-refractivity contribution in [1.29, 1.82) is 0 Å². The Bertz CT molecular complexity index is 169. The van der Waals surface area contributed by atoms with Gasteiger partial charge in [0.25, 0.3) is 0 Å². The van der Waals surface area contributed by atoms with Crippen molar-refractivity contribution in [2.24, 2.45) is 5.92 Å². The predicted octanol–water partition coefficient (Wildman–Crippen LogP) is 1.32. The van der Waals surface area contributed by atoms with E-state index in [0.717, 1.165) is 12.8 Å². The van der Waals surface area contributed by atoms with Gasteiger partial charge in [-0.05, 0) is 18.8 Å². The Balaban J connectivity index is 3.89. The summed E-state index contributed by atoms with van der Waals surface area (Å²) >= 11 is 0. The lowest BCUT2D eigenvalue weighted by Gasteiger charge is -2.10. The summed E-state index contributed by atoms with van der Waals surface area (Å²) in [5, 5.41) is 8.46. The molecule has 0 aliphatic heterocycles. The van der Waals surface area contributed by atoms with Crippen molar-refractivity contribution >= 4 is 5.97 Å². The van der Waals surface area contributed by atoms with Crippen molar-refractivity contribution in [3.63, 3.8) is 0 Å². The fourth-order valence-corrected chi connectivity index (χ4v) is 1.09. The molecule has 0 aromatic heterocycles. The van der Waals surface area contributed by atoms with E-state index in [1.807, 2.05) is 0 Å². The summed E-state index contributed by atoms with van der Waals surface area (Å²) in [4.78, 5) is 10.3. The second-order valence-electron chi connectivity index (χ2n) is 3.02. The number of allylic oxidation sites excluding steroid dienone is 1. The second kappa shape index (κ2) is 8.72. The normalized spacial score (nSPS) is 11.4. The highest BCUT2D eigenvalue weighted by atomic mass is 16.5. The molecule has 1 N–H and O–H groups in total. The van der Waals surface area contributed by atoms with Gasteiger partial charge < -0.3 is 14.6 Å². The summed E-state index contributed by atoms with van der Waals surface area (Å²) in [6.45, 7) is 1.27. The summed E-state index contributed by atoms with van der Waals surface area (Å²) in [5.41, 5.74) is 0. The predicted molar refractivity (Wildman–Crippen MR) is 53.3 cm³/mol. The summed E-state index contributed by atoms with van der Waals surface area (Å²) in [6.07, 6.45) is 4.52. The Hall–Kier alpha value is -0.870. The Morgan fingerprint density at radius 3 is 2.14 bits per heavy atom. The minimum absolute atomic E-state index is 0.214. The smallest absolute Gasteiger partial charge is 0.327 e. The van der Waals surface area contributed by atoms with Crippen LogP contribution in [0.4, 0.5) is 0 Å². The van der Waals surface area contributed by atoms with Gasteiger partial charge in [0.05, 0.1) is 0 Å². The Morgan fingerprint density at radius 1 is 1.29 bits per heavy atom. The van der Waals surface area contributed by atoms with Crippen LogP contribution in [0.3, 0.4) is 0 Å². The molecule has 0 unspecified atom stereocenters. The zero-order valence-corrected chi connectivity index (χ0v) is 8.73. The van der Waals surface area contributed by atoms with Gasteiger partial charge >= 0.3 is 5.97 Å². The van der Waals surface area contributed by atoms with Gasteiger partial charge in [0.15, 0.2) is 0 Å². The molecule has 0 saturated heterocycles. The number of hydrogen-bond acceptors (Lipinski definition) is 3. The Kier molecular flexibility index (Phi) is 8.17. The molecule has 0 heterocycles. The Labute approximate surface area is 84.5 Å². The second-order valence-corrected chi connectivity index (χ2v) is 3.02. The van der Waals surface area contributed by atoms with Crippen LogP contribution in [0.2, 0.25) is 0 Å². The SMILES string of the molecule is COCCC(/C=C/C(=O)O)CCOC. The van der Waals surface area contributed by atoms with Gasteiger partial charge in [-0.15, -0.1) is 0 Å². The van der Waals surface area contributed by atoms with E-state index >= 15 is 0 Å². The highest BCUT2D eigenvalue weighted by Gasteiger charge is 2.04. The fourth-order valence-electron chi connectivity index (χ4n) is 1.09. The van der Waals surface area contributed by atoms with Crippen LogP contribution in [0.15, 0.2) is 12.2 Å². The van der Waals surface area contributed by atoms with Crippen LogP contribution in [-0.4, -0.2) is 38.5 Å². The molecule has 0 atom stereocenters. The highest BCUT2D eigenvalue weighted by Crippen LogP contribution is 2.10. The number of aliphatic carboxylic acids is 1. The summed E-state index contributed by atoms with van der Waals surface area (Å²) in [6, 6.07) is 0. The molecule has 0 aliphatic carbocycles. The minimum atomic E-state index is -0.912. The van der Waals surface area contributed by atoms with Crippen LogP contribution >= 0.6 is 0 Å². The largest absolute Gasteiger partial charge is 0.478 e. The van der Waals surface area contributed by atoms with E-state index in [4.69, 9.17) is 14.6 Å². The molecule has 0 aromatic rings. The standard InChI is InChI=1S/C10H18O4/c1-13-7-5-9(6-8-14-2)3-4-10(11)12/h3-4,9H,5-8H2,1-2H3,(H,11,12)/b4-3+. The first-order valence-corrected chi connectivity index (χ1v) is 4.59. The van der Waals surface area contributed by atoms with E-state index in [0.29, 0.717) is 13.2 Å². The molecule has 82 valence electrons. The zero-order chi connectivity index (χ0) is 10.8. The molecule has 0 fully saturated rings. The highest BCUT2D eigenvalue weighted by molar-refractivity contribution is 5.79. The number of carboxylic acid groups (broad SMARTS) is 1. The first-order valence-electron chi connectivity index (χ1n) is 4.59. The van der Waals surface area contributed by atoms with Crippen molar-refractivity contribution in [3.8, 4) is 0 Å². The van der Waals surface area contributed by atoms with Crippen molar-refractivity contribution in [2.45, 2.75) is 12.8 Å². The molecule has 0 spiro atoms. The molecule has 0 aliphatic rings. The minimum Gasteiger partial charge on any atom is -0.478 e. The maximum absolute atomic E-state index is 10.3. The molecule has 0 amide bonds. The zero-order valence-electron chi connectivity index (χ0n) is 8.73. The molecule has 0 aromatic carbocycles. The van der Waals surface area contributed by atoms with Crippen LogP contribution in [0, 0.1) is 5.92 Å². The molecule has 4 heteroatoms. The third-order valence-corrected chi connectivity index (χ3v) is 1.90. The number of methoxy groups -OCH3 is 2. The van der Waals surface area contributed by atoms with Gasteiger partial charge in [0, 0.05) is 33.5 Å². The first-order chi connectivity index (χ1) is 6.70. The van der Waals surface area contributed by atoms with Gasteiger partial charge in [-0.25, -0.2) is 4.79 Å². The number of carboxylic acids is 1. The van der Waals surface area contributed by atoms with E-state index < -0.39 is 5.97 Å². The van der Waals surface area contributed by atoms with Crippen molar-refractivity contribution < 1.29 is 19.4 Å².